The summed E-state index contributed by atoms with van der Waals surface area (Å²) in [5.41, 5.74) is 7.24. The molecule has 0 bridgehead atoms. The van der Waals surface area contributed by atoms with Crippen molar-refractivity contribution in [2.45, 2.75) is 12.8 Å². The Morgan fingerprint density at radius 2 is 2.07 bits per heavy atom. The van der Waals surface area contributed by atoms with Crippen molar-refractivity contribution >= 4 is 51.5 Å². The zero-order chi connectivity index (χ0) is 19.8. The second-order valence-electron chi connectivity index (χ2n) is 6.73. The molecule has 140 valence electrons. The van der Waals surface area contributed by atoms with Crippen molar-refractivity contribution in [1.29, 1.82) is 5.26 Å². The van der Waals surface area contributed by atoms with Crippen molar-refractivity contribution in [1.82, 2.24) is 9.97 Å². The quantitative estimate of drug-likeness (QED) is 0.648. The van der Waals surface area contributed by atoms with Crippen molar-refractivity contribution in [2.24, 2.45) is 11.8 Å². The van der Waals surface area contributed by atoms with E-state index in [-0.39, 0.29) is 17.7 Å². The lowest BCUT2D eigenvalue weighted by Crippen LogP contribution is -2.15. The molecule has 3 N–H and O–H groups in total. The number of benzene rings is 1. The molecule has 3 aromatic rings. The molecule has 1 amide bonds. The maximum Gasteiger partial charge on any atom is 0.228 e. The minimum absolute atomic E-state index is 0.122. The minimum atomic E-state index is -0.128. The highest BCUT2D eigenvalue weighted by atomic mass is 35.5. The van der Waals surface area contributed by atoms with Gasteiger partial charge in [0.15, 0.2) is 0 Å². The second-order valence-corrected chi connectivity index (χ2v) is 7.55. The predicted molar refractivity (Wildman–Crippen MR) is 110 cm³/mol. The third-order valence-electron chi connectivity index (χ3n) is 4.83. The summed E-state index contributed by atoms with van der Waals surface area (Å²) in [7, 11) is 0. The lowest BCUT2D eigenvalue weighted by atomic mass is 10.1. The molecule has 1 saturated carbocycles. The van der Waals surface area contributed by atoms with Crippen LogP contribution in [0.3, 0.4) is 0 Å². The van der Waals surface area contributed by atoms with Crippen molar-refractivity contribution in [3.63, 3.8) is 0 Å². The number of amides is 1. The molecule has 0 unspecified atom stereocenters. The molecule has 6 nitrogen and oxygen atoms in total. The van der Waals surface area contributed by atoms with E-state index in [0.717, 1.165) is 11.8 Å². The average Bonchev–Trinajstić information content (AvgIpc) is 3.41. The van der Waals surface area contributed by atoms with Crippen LogP contribution in [0.1, 0.15) is 12.8 Å². The van der Waals surface area contributed by atoms with Crippen LogP contribution < -0.4 is 11.1 Å². The van der Waals surface area contributed by atoms with E-state index < -0.39 is 0 Å². The highest BCUT2D eigenvalue weighted by Gasteiger charge is 2.42. The Balaban J connectivity index is 1.67. The number of nitrogens with zero attached hydrogens (tertiary/aromatic N) is 3. The van der Waals surface area contributed by atoms with Gasteiger partial charge in [-0.15, -0.1) is 0 Å². The van der Waals surface area contributed by atoms with Gasteiger partial charge in [0, 0.05) is 29.5 Å². The Morgan fingerprint density at radius 3 is 2.79 bits per heavy atom. The van der Waals surface area contributed by atoms with Crippen LogP contribution in [0.4, 0.5) is 11.6 Å². The van der Waals surface area contributed by atoms with E-state index in [1.165, 1.54) is 0 Å². The zero-order valence-corrected chi connectivity index (χ0v) is 16.1. The Labute approximate surface area is 171 Å². The second kappa shape index (κ2) is 7.27. The number of fused-ring (bicyclic) bond motifs is 1. The number of hydrogen-bond acceptors (Lipinski definition) is 5. The summed E-state index contributed by atoms with van der Waals surface area (Å²) in [6.07, 6.45) is 2.71. The highest BCUT2D eigenvalue weighted by molar-refractivity contribution is 6.39. The summed E-state index contributed by atoms with van der Waals surface area (Å²) in [4.78, 5) is 21.0. The summed E-state index contributed by atoms with van der Waals surface area (Å²) in [5.74, 6) is 0.604. The van der Waals surface area contributed by atoms with E-state index in [1.807, 2.05) is 6.07 Å². The molecule has 28 heavy (non-hydrogen) atoms. The summed E-state index contributed by atoms with van der Waals surface area (Å²) in [5, 5.41) is 13.9. The van der Waals surface area contributed by atoms with Crippen LogP contribution in [0, 0.1) is 23.2 Å². The van der Waals surface area contributed by atoms with E-state index >= 15 is 0 Å². The van der Waals surface area contributed by atoms with Gasteiger partial charge >= 0.3 is 0 Å². The number of nitrogen functional groups attached to an aromatic ring is 1. The van der Waals surface area contributed by atoms with Gasteiger partial charge in [-0.3, -0.25) is 4.79 Å². The van der Waals surface area contributed by atoms with Gasteiger partial charge in [0.05, 0.1) is 21.8 Å². The zero-order valence-electron chi connectivity index (χ0n) is 14.6. The van der Waals surface area contributed by atoms with E-state index in [4.69, 9.17) is 34.2 Å². The van der Waals surface area contributed by atoms with Crippen LogP contribution in [-0.4, -0.2) is 15.9 Å². The number of nitrogens with one attached hydrogen (secondary N) is 1. The molecule has 0 radical (unpaired) electrons. The maximum absolute atomic E-state index is 12.3. The smallest absolute Gasteiger partial charge is 0.228 e. The van der Waals surface area contributed by atoms with Crippen LogP contribution in [-0.2, 0) is 4.79 Å². The van der Waals surface area contributed by atoms with Gasteiger partial charge in [0.1, 0.15) is 11.6 Å². The fraction of sp³-hybridized carbons (Fsp3) is 0.200. The number of hydrogen-bond donors (Lipinski definition) is 2. The molecule has 4 rings (SSSR count). The van der Waals surface area contributed by atoms with Crippen molar-refractivity contribution in [3.05, 3.63) is 46.6 Å². The molecule has 1 fully saturated rings. The van der Waals surface area contributed by atoms with E-state index in [0.29, 0.717) is 44.7 Å². The lowest BCUT2D eigenvalue weighted by molar-refractivity contribution is -0.117. The fourth-order valence-corrected chi connectivity index (χ4v) is 3.83. The van der Waals surface area contributed by atoms with Crippen molar-refractivity contribution < 1.29 is 4.79 Å². The summed E-state index contributed by atoms with van der Waals surface area (Å²) < 4.78 is 0. The number of anilines is 2. The first-order valence-electron chi connectivity index (χ1n) is 8.66. The largest absolute Gasteiger partial charge is 0.383 e. The van der Waals surface area contributed by atoms with Gasteiger partial charge in [-0.2, -0.15) is 5.26 Å². The minimum Gasteiger partial charge on any atom is -0.383 e. The third kappa shape index (κ3) is 3.47. The van der Waals surface area contributed by atoms with Crippen LogP contribution in [0.5, 0.6) is 0 Å². The molecule has 1 aromatic carbocycles. The molecule has 2 atom stereocenters. The maximum atomic E-state index is 12.3. The predicted octanol–water partition coefficient (Wildman–Crippen LogP) is 4.67. The van der Waals surface area contributed by atoms with Crippen LogP contribution in [0.2, 0.25) is 10.0 Å². The Morgan fingerprint density at radius 1 is 1.32 bits per heavy atom. The van der Waals surface area contributed by atoms with Crippen LogP contribution in [0.25, 0.3) is 22.0 Å². The lowest BCUT2D eigenvalue weighted by Gasteiger charge is -2.11. The number of nitriles is 1. The van der Waals surface area contributed by atoms with Crippen LogP contribution >= 0.6 is 23.2 Å². The molecule has 0 saturated heterocycles. The summed E-state index contributed by atoms with van der Waals surface area (Å²) in [6, 6.07) is 10.9. The fourth-order valence-electron chi connectivity index (χ4n) is 3.24. The van der Waals surface area contributed by atoms with Gasteiger partial charge in [0.2, 0.25) is 5.91 Å². The number of pyridine rings is 2. The number of rotatable bonds is 4. The standard InChI is InChI=1S/C20H15Cl2N5O/c21-14-2-1-3-15(22)18(14)16-7-11-8-17(25-9-13(11)19(24)26-16)27-20(28)12-6-10(12)4-5-23/h1-3,7-10,12H,4,6H2,(H2,24,26)(H,25,27,28)/t10-,12-/m1/s1. The molecule has 1 aliphatic carbocycles. The highest BCUT2D eigenvalue weighted by Crippen LogP contribution is 2.42. The van der Waals surface area contributed by atoms with E-state index in [2.05, 4.69) is 21.4 Å². The van der Waals surface area contributed by atoms with Gasteiger partial charge in [-0.1, -0.05) is 29.3 Å². The SMILES string of the molecule is N#CC[C@@H]1C[C@H]1C(=O)Nc1cc2cc(-c3c(Cl)cccc3Cl)nc(N)c2cn1. The molecule has 2 aromatic heterocycles. The first kappa shape index (κ1) is 18.5. The molecular weight excluding hydrogens is 397 g/mol. The first-order valence-corrected chi connectivity index (χ1v) is 9.42. The van der Waals surface area contributed by atoms with Crippen molar-refractivity contribution in [2.75, 3.05) is 11.1 Å². The number of carbonyl (C=O) groups is 1. The van der Waals surface area contributed by atoms with Gasteiger partial charge in [-0.25, -0.2) is 9.97 Å². The van der Waals surface area contributed by atoms with Gasteiger partial charge < -0.3 is 11.1 Å². The Hall–Kier alpha value is -2.88. The molecule has 8 heteroatoms. The number of carbonyl (C=O) groups excluding carboxylic acids is 1. The number of aromatic nitrogens is 2. The Bertz CT molecular complexity index is 1120. The molecule has 0 spiro atoms. The molecular formula is C20H15Cl2N5O. The Kier molecular flexibility index (Phi) is 4.80. The first-order chi connectivity index (χ1) is 13.5. The monoisotopic (exact) mass is 411 g/mol. The molecule has 1 aliphatic rings. The van der Waals surface area contributed by atoms with E-state index in [9.17, 15) is 4.79 Å². The topological polar surface area (TPSA) is 105 Å². The van der Waals surface area contributed by atoms with Crippen molar-refractivity contribution in [3.8, 4) is 17.3 Å². The third-order valence-corrected chi connectivity index (χ3v) is 5.46. The number of halogens is 2. The number of nitrogens with two attached hydrogens (primary N) is 1. The summed E-state index contributed by atoms with van der Waals surface area (Å²) in [6.45, 7) is 0. The molecule has 2 heterocycles. The van der Waals surface area contributed by atoms with Crippen LogP contribution in [0.15, 0.2) is 36.5 Å². The van der Waals surface area contributed by atoms with E-state index in [1.54, 1.807) is 30.5 Å². The van der Waals surface area contributed by atoms with Gasteiger partial charge in [-0.05, 0) is 42.0 Å². The normalized spacial score (nSPS) is 17.9. The average molecular weight is 412 g/mol. The van der Waals surface area contributed by atoms with Gasteiger partial charge in [0.25, 0.3) is 0 Å². The summed E-state index contributed by atoms with van der Waals surface area (Å²) >= 11 is 12.6. The molecule has 0 aliphatic heterocycles.